The molecule has 7 nitrogen and oxygen atoms in total. The summed E-state index contributed by atoms with van der Waals surface area (Å²) in [5.41, 5.74) is 3.28. The first-order chi connectivity index (χ1) is 14.4. The molecule has 3 amide bonds. The van der Waals surface area contributed by atoms with Gasteiger partial charge in [0, 0.05) is 17.8 Å². The zero-order valence-corrected chi connectivity index (χ0v) is 17.5. The lowest BCUT2D eigenvalue weighted by Gasteiger charge is -2.24. The number of anilines is 1. The first-order valence-corrected chi connectivity index (χ1v) is 9.99. The fraction of sp³-hybridized carbons (Fsp3) is 0.348. The van der Waals surface area contributed by atoms with E-state index < -0.39 is 6.04 Å². The van der Waals surface area contributed by atoms with Crippen molar-refractivity contribution in [3.63, 3.8) is 0 Å². The topological polar surface area (TPSA) is 87.7 Å². The van der Waals surface area contributed by atoms with E-state index in [9.17, 15) is 14.4 Å². The molecule has 1 unspecified atom stereocenters. The summed E-state index contributed by atoms with van der Waals surface area (Å²) in [7, 11) is 1.58. The van der Waals surface area contributed by atoms with Gasteiger partial charge in [0.25, 0.3) is 5.91 Å². The average Bonchev–Trinajstić information content (AvgIpc) is 3.24. The average molecular weight is 409 g/mol. The maximum absolute atomic E-state index is 12.7. The van der Waals surface area contributed by atoms with Crippen LogP contribution in [-0.2, 0) is 9.59 Å². The number of hydrogen-bond acceptors (Lipinski definition) is 4. The predicted molar refractivity (Wildman–Crippen MR) is 115 cm³/mol. The standard InChI is InChI=1S/C23H27N3O4/c1-15-6-7-17(13-16(15)2)22(28)24-14-21(27)26-12-4-5-20(26)23(29)25-18-8-10-19(30-3)11-9-18/h6-11,13,20H,4-5,12,14H2,1-3H3,(H,24,28)(H,25,29). The molecule has 0 bridgehead atoms. The number of rotatable bonds is 6. The van der Waals surface area contributed by atoms with Crippen LogP contribution in [0.1, 0.15) is 34.3 Å². The molecule has 1 atom stereocenters. The first kappa shape index (κ1) is 21.4. The van der Waals surface area contributed by atoms with E-state index in [1.165, 1.54) is 0 Å². The molecule has 2 N–H and O–H groups in total. The SMILES string of the molecule is COc1ccc(NC(=O)C2CCCN2C(=O)CNC(=O)c2ccc(C)c(C)c2)cc1. The van der Waals surface area contributed by atoms with Crippen LogP contribution in [0.15, 0.2) is 42.5 Å². The van der Waals surface area contributed by atoms with Gasteiger partial charge in [-0.25, -0.2) is 0 Å². The van der Waals surface area contributed by atoms with Crippen LogP contribution in [0.5, 0.6) is 5.75 Å². The van der Waals surface area contributed by atoms with Crippen molar-refractivity contribution >= 4 is 23.4 Å². The molecule has 2 aromatic carbocycles. The minimum absolute atomic E-state index is 0.141. The number of benzene rings is 2. The molecular weight excluding hydrogens is 382 g/mol. The molecule has 1 saturated heterocycles. The van der Waals surface area contributed by atoms with Gasteiger partial charge in [0.1, 0.15) is 11.8 Å². The van der Waals surface area contributed by atoms with Crippen molar-refractivity contribution in [2.75, 3.05) is 25.5 Å². The number of methoxy groups -OCH3 is 1. The number of aryl methyl sites for hydroxylation is 2. The summed E-state index contributed by atoms with van der Waals surface area (Å²) in [4.78, 5) is 39.3. The Morgan fingerprint density at radius 1 is 1.07 bits per heavy atom. The third-order valence-electron chi connectivity index (χ3n) is 5.40. The summed E-state index contributed by atoms with van der Waals surface area (Å²) in [5, 5.41) is 5.51. The summed E-state index contributed by atoms with van der Waals surface area (Å²) in [5.74, 6) is -0.0962. The fourth-order valence-corrected chi connectivity index (χ4v) is 3.48. The lowest BCUT2D eigenvalue weighted by atomic mass is 10.1. The van der Waals surface area contributed by atoms with Crippen molar-refractivity contribution in [1.82, 2.24) is 10.2 Å². The third-order valence-corrected chi connectivity index (χ3v) is 5.40. The number of carbonyl (C=O) groups excluding carboxylic acids is 3. The van der Waals surface area contributed by atoms with Crippen molar-refractivity contribution in [2.24, 2.45) is 0 Å². The van der Waals surface area contributed by atoms with Gasteiger partial charge in [-0.1, -0.05) is 6.07 Å². The highest BCUT2D eigenvalue weighted by Gasteiger charge is 2.34. The molecule has 0 spiro atoms. The van der Waals surface area contributed by atoms with Crippen LogP contribution < -0.4 is 15.4 Å². The van der Waals surface area contributed by atoms with E-state index in [0.29, 0.717) is 30.0 Å². The number of likely N-dealkylation sites (tertiary alicyclic amines) is 1. The smallest absolute Gasteiger partial charge is 0.251 e. The van der Waals surface area contributed by atoms with Crippen LogP contribution in [0.4, 0.5) is 5.69 Å². The number of nitrogens with one attached hydrogen (secondary N) is 2. The number of hydrogen-bond donors (Lipinski definition) is 2. The van der Waals surface area contributed by atoms with Crippen molar-refractivity contribution in [1.29, 1.82) is 0 Å². The molecule has 0 saturated carbocycles. The van der Waals surface area contributed by atoms with Gasteiger partial charge in [0.2, 0.25) is 11.8 Å². The first-order valence-electron chi connectivity index (χ1n) is 9.99. The van der Waals surface area contributed by atoms with Crippen molar-refractivity contribution in [3.8, 4) is 5.75 Å². The number of amides is 3. The van der Waals surface area contributed by atoms with Crippen LogP contribution in [0, 0.1) is 13.8 Å². The second kappa shape index (κ2) is 9.43. The van der Waals surface area contributed by atoms with Crippen LogP contribution in [0.3, 0.4) is 0 Å². The molecular formula is C23H27N3O4. The lowest BCUT2D eigenvalue weighted by molar-refractivity contribution is -0.135. The lowest BCUT2D eigenvalue weighted by Crippen LogP contribution is -2.47. The number of ether oxygens (including phenoxy) is 1. The van der Waals surface area contributed by atoms with Crippen LogP contribution in [-0.4, -0.2) is 48.9 Å². The molecule has 3 rings (SSSR count). The summed E-state index contributed by atoms with van der Waals surface area (Å²) < 4.78 is 5.11. The molecule has 30 heavy (non-hydrogen) atoms. The maximum atomic E-state index is 12.7. The van der Waals surface area contributed by atoms with Gasteiger partial charge in [-0.3, -0.25) is 14.4 Å². The molecule has 158 valence electrons. The van der Waals surface area contributed by atoms with E-state index in [-0.39, 0.29) is 24.3 Å². The second-order valence-corrected chi connectivity index (χ2v) is 7.44. The van der Waals surface area contributed by atoms with E-state index in [1.54, 1.807) is 48.4 Å². The van der Waals surface area contributed by atoms with Gasteiger partial charge in [0.15, 0.2) is 0 Å². The van der Waals surface area contributed by atoms with E-state index in [0.717, 1.165) is 17.5 Å². The Morgan fingerprint density at radius 2 is 1.80 bits per heavy atom. The van der Waals surface area contributed by atoms with E-state index in [1.807, 2.05) is 19.9 Å². The van der Waals surface area contributed by atoms with Crippen molar-refractivity contribution in [2.45, 2.75) is 32.7 Å². The molecule has 1 heterocycles. The minimum Gasteiger partial charge on any atom is -0.497 e. The second-order valence-electron chi connectivity index (χ2n) is 7.44. The van der Waals surface area contributed by atoms with Crippen molar-refractivity contribution in [3.05, 3.63) is 59.2 Å². The third kappa shape index (κ3) is 4.97. The van der Waals surface area contributed by atoms with Crippen molar-refractivity contribution < 1.29 is 19.1 Å². The molecule has 0 aromatic heterocycles. The van der Waals surface area contributed by atoms with Crippen LogP contribution in [0.25, 0.3) is 0 Å². The molecule has 0 aliphatic carbocycles. The zero-order valence-electron chi connectivity index (χ0n) is 17.5. The van der Waals surface area contributed by atoms with Gasteiger partial charge < -0.3 is 20.3 Å². The fourth-order valence-electron chi connectivity index (χ4n) is 3.48. The largest absolute Gasteiger partial charge is 0.497 e. The molecule has 7 heteroatoms. The molecule has 1 fully saturated rings. The Balaban J connectivity index is 1.57. The summed E-state index contributed by atoms with van der Waals surface area (Å²) in [6.07, 6.45) is 1.34. The van der Waals surface area contributed by atoms with Gasteiger partial charge >= 0.3 is 0 Å². The summed E-state index contributed by atoms with van der Waals surface area (Å²) in [6.45, 7) is 4.27. The van der Waals surface area contributed by atoms with E-state index in [2.05, 4.69) is 10.6 Å². The van der Waals surface area contributed by atoms with Crippen LogP contribution >= 0.6 is 0 Å². The minimum atomic E-state index is -0.543. The Bertz CT molecular complexity index is 940. The maximum Gasteiger partial charge on any atom is 0.251 e. The highest BCUT2D eigenvalue weighted by Crippen LogP contribution is 2.21. The van der Waals surface area contributed by atoms with Crippen LogP contribution in [0.2, 0.25) is 0 Å². The van der Waals surface area contributed by atoms with Gasteiger partial charge in [0.05, 0.1) is 13.7 Å². The molecule has 1 aliphatic rings. The Labute approximate surface area is 176 Å². The Morgan fingerprint density at radius 3 is 2.47 bits per heavy atom. The monoisotopic (exact) mass is 409 g/mol. The number of carbonyl (C=O) groups is 3. The highest BCUT2D eigenvalue weighted by molar-refractivity contribution is 5.99. The van der Waals surface area contributed by atoms with E-state index in [4.69, 9.17) is 4.74 Å². The van der Waals surface area contributed by atoms with Gasteiger partial charge in [-0.05, 0) is 74.2 Å². The number of nitrogens with zero attached hydrogens (tertiary/aromatic N) is 1. The van der Waals surface area contributed by atoms with E-state index >= 15 is 0 Å². The molecule has 1 aliphatic heterocycles. The zero-order chi connectivity index (χ0) is 21.7. The highest BCUT2D eigenvalue weighted by atomic mass is 16.5. The quantitative estimate of drug-likeness (QED) is 0.768. The summed E-state index contributed by atoms with van der Waals surface area (Å²) >= 11 is 0. The Kier molecular flexibility index (Phi) is 6.72. The van der Waals surface area contributed by atoms with Gasteiger partial charge in [-0.15, -0.1) is 0 Å². The summed E-state index contributed by atoms with van der Waals surface area (Å²) in [6, 6.07) is 11.9. The Hall–Kier alpha value is -3.35. The normalized spacial score (nSPS) is 15.6. The molecule has 0 radical (unpaired) electrons. The molecule has 2 aromatic rings. The van der Waals surface area contributed by atoms with Gasteiger partial charge in [-0.2, -0.15) is 0 Å². The predicted octanol–water partition coefficient (Wildman–Crippen LogP) is 2.67.